The molecule has 2 aromatic heterocycles. The summed E-state index contributed by atoms with van der Waals surface area (Å²) in [6.07, 6.45) is 11.5. The summed E-state index contributed by atoms with van der Waals surface area (Å²) < 4.78 is 2.01. The van der Waals surface area contributed by atoms with Crippen molar-refractivity contribution in [2.24, 2.45) is 5.10 Å². The largest absolute Gasteiger partial charge is 0.364 e. The number of rotatable bonds is 2. The summed E-state index contributed by atoms with van der Waals surface area (Å²) >= 11 is 0. The van der Waals surface area contributed by atoms with Crippen molar-refractivity contribution in [1.82, 2.24) is 29.8 Å². The molecule has 4 heterocycles. The van der Waals surface area contributed by atoms with Gasteiger partial charge in [-0.2, -0.15) is 5.10 Å². The number of fused-ring (bicyclic) bond motifs is 2. The molecule has 1 unspecified atom stereocenters. The number of allylic oxidation sites excluding steroid dienone is 2. The molecule has 2 aliphatic rings. The molecular formula is C26H21N7. The first-order valence-corrected chi connectivity index (χ1v) is 10.7. The Hall–Kier alpha value is -4.57. The minimum Gasteiger partial charge on any atom is -0.364 e. The fourth-order valence-corrected chi connectivity index (χ4v) is 3.97. The second kappa shape index (κ2) is 7.53. The van der Waals surface area contributed by atoms with Crippen molar-refractivity contribution in [2.45, 2.75) is 20.0 Å². The maximum absolute atomic E-state index is 4.80. The van der Waals surface area contributed by atoms with E-state index < -0.39 is 0 Å². The molecule has 0 saturated heterocycles. The first-order valence-electron chi connectivity index (χ1n) is 10.7. The zero-order valence-electron chi connectivity index (χ0n) is 18.2. The second-order valence-corrected chi connectivity index (χ2v) is 8.12. The Bertz CT molecular complexity index is 1540. The highest BCUT2D eigenvalue weighted by Gasteiger charge is 2.23. The maximum Gasteiger partial charge on any atom is 0.141 e. The minimum absolute atomic E-state index is 0.0402. The Morgan fingerprint density at radius 1 is 1.06 bits per heavy atom. The van der Waals surface area contributed by atoms with Gasteiger partial charge in [0.25, 0.3) is 0 Å². The lowest BCUT2D eigenvalue weighted by Crippen LogP contribution is -2.32. The van der Waals surface area contributed by atoms with Gasteiger partial charge in [-0.15, -0.1) is 0 Å². The van der Waals surface area contributed by atoms with Crippen molar-refractivity contribution in [2.75, 3.05) is 0 Å². The highest BCUT2D eigenvalue weighted by molar-refractivity contribution is 5.81. The van der Waals surface area contributed by atoms with Gasteiger partial charge in [0.05, 0.1) is 23.1 Å². The minimum atomic E-state index is 0.0402. The van der Waals surface area contributed by atoms with Crippen molar-refractivity contribution in [3.63, 3.8) is 0 Å². The average Bonchev–Trinajstić information content (AvgIpc) is 3.56. The van der Waals surface area contributed by atoms with Crippen molar-refractivity contribution in [3.05, 3.63) is 89.8 Å². The van der Waals surface area contributed by atoms with Crippen LogP contribution in [0, 0.1) is 25.7 Å². The molecule has 6 rings (SSSR count). The van der Waals surface area contributed by atoms with Crippen LogP contribution in [0.5, 0.6) is 0 Å². The van der Waals surface area contributed by atoms with Gasteiger partial charge in [0.1, 0.15) is 17.7 Å². The highest BCUT2D eigenvalue weighted by Crippen LogP contribution is 2.25. The molecule has 0 amide bonds. The van der Waals surface area contributed by atoms with Crippen molar-refractivity contribution in [3.8, 4) is 28.9 Å². The Morgan fingerprint density at radius 2 is 2.00 bits per heavy atom. The topological polar surface area (TPSA) is 74.1 Å². The number of nitrogens with zero attached hydrogens (tertiary/aromatic N) is 5. The van der Waals surface area contributed by atoms with Gasteiger partial charge in [-0.05, 0) is 61.7 Å². The van der Waals surface area contributed by atoms with E-state index in [1.165, 1.54) is 0 Å². The summed E-state index contributed by atoms with van der Waals surface area (Å²) in [6, 6.07) is 12.4. The molecule has 7 heteroatoms. The van der Waals surface area contributed by atoms with E-state index >= 15 is 0 Å². The van der Waals surface area contributed by atoms with Crippen molar-refractivity contribution in [1.29, 1.82) is 0 Å². The fourth-order valence-electron chi connectivity index (χ4n) is 3.97. The van der Waals surface area contributed by atoms with Gasteiger partial charge >= 0.3 is 0 Å². The van der Waals surface area contributed by atoms with Gasteiger partial charge < -0.3 is 14.9 Å². The van der Waals surface area contributed by atoms with E-state index in [0.29, 0.717) is 0 Å². The molecule has 2 aromatic carbocycles. The van der Waals surface area contributed by atoms with Gasteiger partial charge in [-0.1, -0.05) is 18.1 Å². The lowest BCUT2D eigenvalue weighted by molar-refractivity contribution is 0.326. The van der Waals surface area contributed by atoms with Crippen LogP contribution >= 0.6 is 0 Å². The molecule has 0 saturated carbocycles. The third-order valence-electron chi connectivity index (χ3n) is 5.78. The van der Waals surface area contributed by atoms with Crippen molar-refractivity contribution >= 4 is 17.2 Å². The molecular weight excluding hydrogens is 410 g/mol. The van der Waals surface area contributed by atoms with E-state index in [1.54, 1.807) is 6.21 Å². The third-order valence-corrected chi connectivity index (χ3v) is 5.78. The Labute approximate surface area is 191 Å². The van der Waals surface area contributed by atoms with E-state index in [0.717, 1.165) is 50.6 Å². The lowest BCUT2D eigenvalue weighted by atomic mass is 10.0. The summed E-state index contributed by atoms with van der Waals surface area (Å²) in [4.78, 5) is 12.6. The van der Waals surface area contributed by atoms with E-state index in [4.69, 9.17) is 4.98 Å². The van der Waals surface area contributed by atoms with Crippen molar-refractivity contribution < 1.29 is 0 Å². The molecule has 4 aromatic rings. The number of benzene rings is 2. The predicted octanol–water partition coefficient (Wildman–Crippen LogP) is 4.01. The molecule has 7 nitrogen and oxygen atoms in total. The molecule has 160 valence electrons. The number of hydrogen-bond donors (Lipinski definition) is 2. The van der Waals surface area contributed by atoms with E-state index in [9.17, 15) is 0 Å². The smallest absolute Gasteiger partial charge is 0.141 e. The molecule has 0 bridgehead atoms. The molecule has 33 heavy (non-hydrogen) atoms. The predicted molar refractivity (Wildman–Crippen MR) is 129 cm³/mol. The quantitative estimate of drug-likeness (QED) is 0.471. The Kier molecular flexibility index (Phi) is 4.37. The molecule has 0 spiro atoms. The number of hydrogen-bond acceptors (Lipinski definition) is 5. The second-order valence-electron chi connectivity index (χ2n) is 8.12. The van der Waals surface area contributed by atoms with Crippen LogP contribution < -0.4 is 5.32 Å². The zero-order valence-corrected chi connectivity index (χ0v) is 18.2. The number of imidazole rings is 2. The molecule has 1 atom stereocenters. The number of aromatic nitrogens is 4. The first kappa shape index (κ1) is 19.1. The summed E-state index contributed by atoms with van der Waals surface area (Å²) in [7, 11) is 0. The first-order chi connectivity index (χ1) is 16.1. The summed E-state index contributed by atoms with van der Waals surface area (Å²) in [5, 5.41) is 9.54. The van der Waals surface area contributed by atoms with Crippen LogP contribution in [0.2, 0.25) is 0 Å². The fraction of sp³-hybridized carbons (Fsp3) is 0.115. The number of nitrogens with one attached hydrogen (secondary N) is 2. The van der Waals surface area contributed by atoms with Gasteiger partial charge in [-0.3, -0.25) is 0 Å². The van der Waals surface area contributed by atoms with E-state index in [1.807, 2.05) is 53.4 Å². The standard InChI is InChI=1S/C26H21N7/c1-17-5-6-20(12-19(17)7-8-22-14-27-25-4-3-11-29-33(22)25)26-30-23-10-9-21(13-24(23)31-26)32-15-18(2)28-16-32/h3-6,9-16,25,27H,1-2H3,(H,30,31). The Morgan fingerprint density at radius 3 is 2.88 bits per heavy atom. The molecule has 2 aliphatic heterocycles. The van der Waals surface area contributed by atoms with Gasteiger partial charge in [0, 0.05) is 35.4 Å². The molecule has 0 fully saturated rings. The summed E-state index contributed by atoms with van der Waals surface area (Å²) in [5.74, 6) is 7.39. The van der Waals surface area contributed by atoms with Gasteiger partial charge in [-0.25, -0.2) is 15.0 Å². The van der Waals surface area contributed by atoms with Crippen LogP contribution in [0.15, 0.2) is 78.1 Å². The Balaban J connectivity index is 1.32. The molecule has 0 radical (unpaired) electrons. The number of H-pyrrole nitrogens is 1. The highest BCUT2D eigenvalue weighted by atomic mass is 15.5. The van der Waals surface area contributed by atoms with Gasteiger partial charge in [0.2, 0.25) is 0 Å². The molecule has 2 N–H and O–H groups in total. The SMILES string of the molecule is Cc1cn(-c2ccc3nc(-c4ccc(C)c(C#CC5=CNC6C=CC=NN56)c4)[nH]c3c2)cn1. The van der Waals surface area contributed by atoms with Crippen LogP contribution in [0.1, 0.15) is 16.8 Å². The average molecular weight is 432 g/mol. The lowest BCUT2D eigenvalue weighted by Gasteiger charge is -2.21. The third kappa shape index (κ3) is 3.48. The van der Waals surface area contributed by atoms with Gasteiger partial charge in [0.15, 0.2) is 0 Å². The number of aromatic amines is 1. The number of aryl methyl sites for hydroxylation is 2. The van der Waals surface area contributed by atoms with E-state index in [-0.39, 0.29) is 6.17 Å². The summed E-state index contributed by atoms with van der Waals surface area (Å²) in [6.45, 7) is 4.05. The normalized spacial score (nSPS) is 16.4. The maximum atomic E-state index is 4.80. The van der Waals surface area contributed by atoms with Crippen LogP contribution in [0.25, 0.3) is 28.1 Å². The number of hydrazone groups is 1. The van der Waals surface area contributed by atoms with Crippen LogP contribution in [0.3, 0.4) is 0 Å². The van der Waals surface area contributed by atoms with E-state index in [2.05, 4.69) is 69.5 Å². The summed E-state index contributed by atoms with van der Waals surface area (Å²) in [5.41, 5.74) is 7.84. The molecule has 0 aliphatic carbocycles. The van der Waals surface area contributed by atoms with Crippen LogP contribution in [-0.2, 0) is 0 Å². The van der Waals surface area contributed by atoms with Crippen LogP contribution in [0.4, 0.5) is 0 Å². The van der Waals surface area contributed by atoms with Crippen LogP contribution in [-0.4, -0.2) is 36.9 Å². The zero-order chi connectivity index (χ0) is 22.4. The monoisotopic (exact) mass is 431 g/mol.